The van der Waals surface area contributed by atoms with Crippen LogP contribution in [0.4, 0.5) is 0 Å². The van der Waals surface area contributed by atoms with Gasteiger partial charge in [0.2, 0.25) is 0 Å². The van der Waals surface area contributed by atoms with Crippen LogP contribution < -0.4 is 15.2 Å². The highest BCUT2D eigenvalue weighted by Gasteiger charge is 2.38. The number of ether oxygens (including phenoxy) is 3. The maximum absolute atomic E-state index is 6.17. The molecule has 1 heterocycles. The number of benzene rings is 1. The molecule has 0 spiro atoms. The Balaban J connectivity index is 1.69. The summed E-state index contributed by atoms with van der Waals surface area (Å²) >= 11 is 0. The molecule has 0 aromatic heterocycles. The van der Waals surface area contributed by atoms with E-state index in [0.29, 0.717) is 0 Å². The maximum Gasteiger partial charge on any atom is 0.161 e. The van der Waals surface area contributed by atoms with Crippen molar-refractivity contribution < 1.29 is 14.2 Å². The van der Waals surface area contributed by atoms with Gasteiger partial charge in [0.1, 0.15) is 6.10 Å². The molecule has 2 aliphatic rings. The molecular weight excluding hydrogens is 254 g/mol. The van der Waals surface area contributed by atoms with Crippen LogP contribution in [0.3, 0.4) is 0 Å². The lowest BCUT2D eigenvalue weighted by Gasteiger charge is -2.24. The minimum atomic E-state index is 0.0219. The Hall–Kier alpha value is -1.26. The zero-order chi connectivity index (χ0) is 14.0. The van der Waals surface area contributed by atoms with Crippen LogP contribution in [0.15, 0.2) is 18.2 Å². The molecule has 0 amide bonds. The summed E-state index contributed by atoms with van der Waals surface area (Å²) in [6, 6.07) is 6.17. The molecule has 2 fully saturated rings. The standard InChI is InChI=1S/C16H23NO3/c1-18-15-10-12(11-16(17)6-7-16)2-3-14(15)20-13-4-8-19-9-5-13/h2-3,10,13H,4-9,11,17H2,1H3. The second-order valence-electron chi connectivity index (χ2n) is 5.95. The second kappa shape index (κ2) is 5.62. The minimum absolute atomic E-state index is 0.0219. The van der Waals surface area contributed by atoms with Crippen molar-refractivity contribution in [2.75, 3.05) is 20.3 Å². The smallest absolute Gasteiger partial charge is 0.161 e. The summed E-state index contributed by atoms with van der Waals surface area (Å²) in [7, 11) is 1.69. The molecule has 1 aliphatic carbocycles. The Morgan fingerprint density at radius 2 is 2.00 bits per heavy atom. The summed E-state index contributed by atoms with van der Waals surface area (Å²) < 4.78 is 16.9. The zero-order valence-electron chi connectivity index (χ0n) is 12.1. The van der Waals surface area contributed by atoms with E-state index in [1.165, 1.54) is 5.56 Å². The van der Waals surface area contributed by atoms with Crippen LogP contribution in [0, 0.1) is 0 Å². The molecule has 0 unspecified atom stereocenters. The molecule has 4 heteroatoms. The van der Waals surface area contributed by atoms with E-state index in [2.05, 4.69) is 12.1 Å². The lowest BCUT2D eigenvalue weighted by atomic mass is 10.0. The molecule has 1 saturated carbocycles. The first-order valence-corrected chi connectivity index (χ1v) is 7.39. The predicted molar refractivity (Wildman–Crippen MR) is 77.3 cm³/mol. The van der Waals surface area contributed by atoms with Crippen molar-refractivity contribution in [3.63, 3.8) is 0 Å². The molecule has 3 rings (SSSR count). The fourth-order valence-electron chi connectivity index (χ4n) is 2.64. The fourth-order valence-corrected chi connectivity index (χ4v) is 2.64. The van der Waals surface area contributed by atoms with Gasteiger partial charge in [0.25, 0.3) is 0 Å². The number of methoxy groups -OCH3 is 1. The van der Waals surface area contributed by atoms with Crippen molar-refractivity contribution in [1.82, 2.24) is 0 Å². The Morgan fingerprint density at radius 1 is 1.25 bits per heavy atom. The van der Waals surface area contributed by atoms with Crippen molar-refractivity contribution in [3.05, 3.63) is 23.8 Å². The molecule has 2 N–H and O–H groups in total. The van der Waals surface area contributed by atoms with Crippen molar-refractivity contribution in [1.29, 1.82) is 0 Å². The lowest BCUT2D eigenvalue weighted by molar-refractivity contribution is 0.0245. The van der Waals surface area contributed by atoms with Crippen LogP contribution in [0.1, 0.15) is 31.2 Å². The molecular formula is C16H23NO3. The highest BCUT2D eigenvalue weighted by Crippen LogP contribution is 2.38. The maximum atomic E-state index is 6.17. The largest absolute Gasteiger partial charge is 0.493 e. The summed E-state index contributed by atoms with van der Waals surface area (Å²) in [5.41, 5.74) is 7.42. The topological polar surface area (TPSA) is 53.7 Å². The summed E-state index contributed by atoms with van der Waals surface area (Å²) in [5.74, 6) is 1.63. The first-order valence-electron chi connectivity index (χ1n) is 7.39. The van der Waals surface area contributed by atoms with Crippen LogP contribution >= 0.6 is 0 Å². The third kappa shape index (κ3) is 3.25. The van der Waals surface area contributed by atoms with Gasteiger partial charge in [0.15, 0.2) is 11.5 Å². The third-order valence-electron chi connectivity index (χ3n) is 4.14. The average molecular weight is 277 g/mol. The van der Waals surface area contributed by atoms with E-state index in [1.807, 2.05) is 6.07 Å². The Bertz CT molecular complexity index is 465. The molecule has 110 valence electrons. The highest BCUT2D eigenvalue weighted by atomic mass is 16.5. The number of rotatable bonds is 5. The molecule has 1 saturated heterocycles. The van der Waals surface area contributed by atoms with E-state index >= 15 is 0 Å². The van der Waals surface area contributed by atoms with E-state index < -0.39 is 0 Å². The van der Waals surface area contributed by atoms with Crippen LogP contribution in [-0.2, 0) is 11.2 Å². The van der Waals surface area contributed by atoms with Gasteiger partial charge in [-0.25, -0.2) is 0 Å². The third-order valence-corrected chi connectivity index (χ3v) is 4.14. The second-order valence-corrected chi connectivity index (χ2v) is 5.95. The van der Waals surface area contributed by atoms with Crippen LogP contribution in [-0.4, -0.2) is 32.0 Å². The zero-order valence-corrected chi connectivity index (χ0v) is 12.1. The predicted octanol–water partition coefficient (Wildman–Crippen LogP) is 2.29. The summed E-state index contributed by atoms with van der Waals surface area (Å²) in [5, 5.41) is 0. The van der Waals surface area contributed by atoms with Gasteiger partial charge in [-0.3, -0.25) is 0 Å². The van der Waals surface area contributed by atoms with E-state index in [9.17, 15) is 0 Å². The monoisotopic (exact) mass is 277 g/mol. The number of nitrogens with two attached hydrogens (primary N) is 1. The fraction of sp³-hybridized carbons (Fsp3) is 0.625. The first kappa shape index (κ1) is 13.7. The van der Waals surface area contributed by atoms with Gasteiger partial charge < -0.3 is 19.9 Å². The normalized spacial score (nSPS) is 21.5. The molecule has 0 atom stereocenters. The van der Waals surface area contributed by atoms with E-state index in [4.69, 9.17) is 19.9 Å². The molecule has 0 radical (unpaired) electrons. The molecule has 20 heavy (non-hydrogen) atoms. The van der Waals surface area contributed by atoms with E-state index in [0.717, 1.165) is 56.8 Å². The molecule has 4 nitrogen and oxygen atoms in total. The number of hydrogen-bond donors (Lipinski definition) is 1. The van der Waals surface area contributed by atoms with Gasteiger partial charge in [-0.2, -0.15) is 0 Å². The quantitative estimate of drug-likeness (QED) is 0.897. The summed E-state index contributed by atoms with van der Waals surface area (Å²) in [6.45, 7) is 1.56. The average Bonchev–Trinajstić information content (AvgIpc) is 3.19. The molecule has 1 aliphatic heterocycles. The van der Waals surface area contributed by atoms with Crippen LogP contribution in [0.25, 0.3) is 0 Å². The van der Waals surface area contributed by atoms with Gasteiger partial charge >= 0.3 is 0 Å². The molecule has 1 aromatic rings. The van der Waals surface area contributed by atoms with Gasteiger partial charge in [0, 0.05) is 18.4 Å². The van der Waals surface area contributed by atoms with E-state index in [-0.39, 0.29) is 11.6 Å². The van der Waals surface area contributed by atoms with Gasteiger partial charge in [-0.15, -0.1) is 0 Å². The molecule has 0 bridgehead atoms. The van der Waals surface area contributed by atoms with Crippen molar-refractivity contribution in [3.8, 4) is 11.5 Å². The van der Waals surface area contributed by atoms with Gasteiger partial charge in [-0.05, 0) is 37.0 Å². The van der Waals surface area contributed by atoms with Crippen molar-refractivity contribution >= 4 is 0 Å². The van der Waals surface area contributed by atoms with Gasteiger partial charge in [-0.1, -0.05) is 6.07 Å². The minimum Gasteiger partial charge on any atom is -0.493 e. The highest BCUT2D eigenvalue weighted by molar-refractivity contribution is 5.43. The summed E-state index contributed by atoms with van der Waals surface area (Å²) in [6.07, 6.45) is 5.27. The summed E-state index contributed by atoms with van der Waals surface area (Å²) in [4.78, 5) is 0. The van der Waals surface area contributed by atoms with Crippen molar-refractivity contribution in [2.24, 2.45) is 5.73 Å². The van der Waals surface area contributed by atoms with Crippen LogP contribution in [0.2, 0.25) is 0 Å². The number of hydrogen-bond acceptors (Lipinski definition) is 4. The Morgan fingerprint density at radius 3 is 2.65 bits per heavy atom. The first-order chi connectivity index (χ1) is 9.68. The molecule has 1 aromatic carbocycles. The van der Waals surface area contributed by atoms with Gasteiger partial charge in [0.05, 0.1) is 20.3 Å². The SMILES string of the molecule is COc1cc(CC2(N)CC2)ccc1OC1CCOCC1. The van der Waals surface area contributed by atoms with Crippen molar-refractivity contribution in [2.45, 2.75) is 43.7 Å². The Labute approximate surface area is 120 Å². The van der Waals surface area contributed by atoms with E-state index in [1.54, 1.807) is 7.11 Å². The van der Waals surface area contributed by atoms with Crippen LogP contribution in [0.5, 0.6) is 11.5 Å². The Kier molecular flexibility index (Phi) is 3.85. The lowest BCUT2D eigenvalue weighted by Crippen LogP contribution is -2.26.